The van der Waals surface area contributed by atoms with Crippen molar-refractivity contribution in [1.82, 2.24) is 9.78 Å². The number of ether oxygens (including phenoxy) is 1. The molecule has 0 radical (unpaired) electrons. The first-order chi connectivity index (χ1) is 10.7. The first-order valence-electron chi connectivity index (χ1n) is 6.43. The van der Waals surface area contributed by atoms with E-state index >= 15 is 0 Å². The van der Waals surface area contributed by atoms with Gasteiger partial charge in [0.15, 0.2) is 6.61 Å². The number of hydrogen-bond donors (Lipinski definition) is 2. The van der Waals surface area contributed by atoms with Gasteiger partial charge in [-0.1, -0.05) is 11.6 Å². The topological polar surface area (TPSA) is 116 Å². The summed E-state index contributed by atoms with van der Waals surface area (Å²) in [5.74, 6) is -0.167. The predicted molar refractivity (Wildman–Crippen MR) is 84.9 cm³/mol. The number of nitrogens with zero attached hydrogens (tertiary/aromatic N) is 2. The molecule has 3 N–H and O–H groups in total. The number of halogens is 1. The molecule has 0 fully saturated rings. The van der Waals surface area contributed by atoms with Gasteiger partial charge in [0, 0.05) is 13.1 Å². The molecule has 1 aromatic carbocycles. The molecule has 0 atom stereocenters. The van der Waals surface area contributed by atoms with Crippen LogP contribution in [0.15, 0.2) is 29.2 Å². The van der Waals surface area contributed by atoms with E-state index in [9.17, 15) is 13.2 Å². The molecule has 23 heavy (non-hydrogen) atoms. The van der Waals surface area contributed by atoms with Crippen molar-refractivity contribution in [3.05, 3.63) is 35.0 Å². The van der Waals surface area contributed by atoms with Crippen molar-refractivity contribution in [3.8, 4) is 5.75 Å². The summed E-state index contributed by atoms with van der Waals surface area (Å²) < 4.78 is 33.6. The monoisotopic (exact) mass is 358 g/mol. The van der Waals surface area contributed by atoms with E-state index in [0.29, 0.717) is 11.5 Å². The van der Waals surface area contributed by atoms with Crippen LogP contribution in [0, 0.1) is 6.92 Å². The lowest BCUT2D eigenvalue weighted by Crippen LogP contribution is -2.20. The number of primary amides is 1. The number of nitrogens with two attached hydrogens (primary N) is 1. The second-order valence-corrected chi connectivity index (χ2v) is 6.84. The SMILES string of the molecule is Cc1cc(NS(=O)(=O)c2ccc(OCC(N)=O)c(Cl)c2)n(C)n1. The second kappa shape index (κ2) is 6.47. The lowest BCUT2D eigenvalue weighted by molar-refractivity contribution is -0.119. The molecule has 0 aliphatic rings. The van der Waals surface area contributed by atoms with Gasteiger partial charge < -0.3 is 10.5 Å². The average Bonchev–Trinajstić information content (AvgIpc) is 2.74. The van der Waals surface area contributed by atoms with Gasteiger partial charge in [0.25, 0.3) is 15.9 Å². The van der Waals surface area contributed by atoms with Gasteiger partial charge in [0.05, 0.1) is 15.6 Å². The Labute approximate surface area is 138 Å². The van der Waals surface area contributed by atoms with E-state index in [2.05, 4.69) is 9.82 Å². The van der Waals surface area contributed by atoms with Crippen molar-refractivity contribution in [2.75, 3.05) is 11.3 Å². The molecular formula is C13H15ClN4O4S. The number of hydrogen-bond acceptors (Lipinski definition) is 5. The lowest BCUT2D eigenvalue weighted by Gasteiger charge is -2.10. The van der Waals surface area contributed by atoms with E-state index in [1.165, 1.54) is 22.9 Å². The highest BCUT2D eigenvalue weighted by atomic mass is 35.5. The number of nitrogens with one attached hydrogen (secondary N) is 1. The fraction of sp³-hybridized carbons (Fsp3) is 0.231. The third-order valence-corrected chi connectivity index (χ3v) is 4.47. The van der Waals surface area contributed by atoms with Gasteiger partial charge in [-0.15, -0.1) is 0 Å². The van der Waals surface area contributed by atoms with Crippen molar-refractivity contribution in [1.29, 1.82) is 0 Å². The molecule has 0 saturated heterocycles. The van der Waals surface area contributed by atoms with Crippen LogP contribution in [-0.4, -0.2) is 30.7 Å². The Hall–Kier alpha value is -2.26. The molecule has 0 aliphatic carbocycles. The predicted octanol–water partition coefficient (Wildman–Crippen LogP) is 1.05. The fourth-order valence-electron chi connectivity index (χ4n) is 1.82. The van der Waals surface area contributed by atoms with Crippen LogP contribution in [-0.2, 0) is 21.9 Å². The van der Waals surface area contributed by atoms with Crippen LogP contribution in [0.25, 0.3) is 0 Å². The molecule has 2 aromatic rings. The molecule has 2 rings (SSSR count). The van der Waals surface area contributed by atoms with Crippen LogP contribution in [0.3, 0.4) is 0 Å². The first kappa shape index (κ1) is 17.1. The third kappa shape index (κ3) is 4.14. The number of carbonyl (C=O) groups excluding carboxylic acids is 1. The Morgan fingerprint density at radius 1 is 1.43 bits per heavy atom. The van der Waals surface area contributed by atoms with Crippen molar-refractivity contribution in [2.24, 2.45) is 12.8 Å². The van der Waals surface area contributed by atoms with Crippen molar-refractivity contribution >= 4 is 33.3 Å². The summed E-state index contributed by atoms with van der Waals surface area (Å²) in [6, 6.07) is 5.50. The van der Waals surface area contributed by atoms with Gasteiger partial charge in [0.2, 0.25) is 0 Å². The first-order valence-corrected chi connectivity index (χ1v) is 8.29. The Kier molecular flexibility index (Phi) is 4.81. The van der Waals surface area contributed by atoms with E-state index in [4.69, 9.17) is 22.1 Å². The zero-order valence-corrected chi connectivity index (χ0v) is 14.0. The number of sulfonamides is 1. The van der Waals surface area contributed by atoms with Gasteiger partial charge in [0.1, 0.15) is 11.6 Å². The molecule has 124 valence electrons. The standard InChI is InChI=1S/C13H15ClN4O4S/c1-8-5-13(18(2)16-8)17-23(20,21)9-3-4-11(10(14)6-9)22-7-12(15)19/h3-6,17H,7H2,1-2H3,(H2,15,19). The Bertz CT molecular complexity index is 848. The molecule has 1 heterocycles. The molecule has 1 amide bonds. The molecule has 0 aliphatic heterocycles. The number of benzene rings is 1. The molecule has 0 unspecified atom stereocenters. The maximum Gasteiger partial charge on any atom is 0.263 e. The minimum Gasteiger partial charge on any atom is -0.482 e. The molecular weight excluding hydrogens is 344 g/mol. The number of amides is 1. The highest BCUT2D eigenvalue weighted by Crippen LogP contribution is 2.28. The van der Waals surface area contributed by atoms with Crippen molar-refractivity contribution in [3.63, 3.8) is 0 Å². The van der Waals surface area contributed by atoms with E-state index < -0.39 is 15.9 Å². The minimum atomic E-state index is -3.84. The van der Waals surface area contributed by atoms with Gasteiger partial charge >= 0.3 is 0 Å². The minimum absolute atomic E-state index is 0.0484. The van der Waals surface area contributed by atoms with E-state index in [1.54, 1.807) is 20.0 Å². The second-order valence-electron chi connectivity index (χ2n) is 4.75. The van der Waals surface area contributed by atoms with Crippen LogP contribution in [0.5, 0.6) is 5.75 Å². The van der Waals surface area contributed by atoms with Crippen molar-refractivity contribution in [2.45, 2.75) is 11.8 Å². The summed E-state index contributed by atoms with van der Waals surface area (Å²) in [6.07, 6.45) is 0. The molecule has 8 nitrogen and oxygen atoms in total. The smallest absolute Gasteiger partial charge is 0.263 e. The quantitative estimate of drug-likeness (QED) is 0.800. The van der Waals surface area contributed by atoms with Crippen LogP contribution in [0.2, 0.25) is 5.02 Å². The maximum atomic E-state index is 12.4. The zero-order valence-electron chi connectivity index (χ0n) is 12.4. The normalized spacial score (nSPS) is 11.3. The summed E-state index contributed by atoms with van der Waals surface area (Å²) in [7, 11) is -2.21. The van der Waals surface area contributed by atoms with Gasteiger partial charge in [-0.3, -0.25) is 14.2 Å². The van der Waals surface area contributed by atoms with E-state index in [1.807, 2.05) is 0 Å². The number of carbonyl (C=O) groups is 1. The summed E-state index contributed by atoms with van der Waals surface area (Å²) in [5.41, 5.74) is 5.65. The van der Waals surface area contributed by atoms with Gasteiger partial charge in [-0.05, 0) is 25.1 Å². The number of aryl methyl sites for hydroxylation is 2. The Balaban J connectivity index is 2.24. The summed E-state index contributed by atoms with van der Waals surface area (Å²) >= 11 is 5.97. The van der Waals surface area contributed by atoms with E-state index in [-0.39, 0.29) is 22.3 Å². The maximum absolute atomic E-state index is 12.4. The van der Waals surface area contributed by atoms with Crippen LogP contribution in [0.4, 0.5) is 5.82 Å². The fourth-order valence-corrected chi connectivity index (χ4v) is 3.22. The number of rotatable bonds is 6. The molecule has 1 aromatic heterocycles. The summed E-state index contributed by atoms with van der Waals surface area (Å²) in [5, 5.41) is 4.11. The van der Waals surface area contributed by atoms with Crippen LogP contribution in [0.1, 0.15) is 5.69 Å². The molecule has 0 spiro atoms. The highest BCUT2D eigenvalue weighted by Gasteiger charge is 2.18. The number of anilines is 1. The summed E-state index contributed by atoms with van der Waals surface area (Å²) in [6.45, 7) is 1.40. The van der Waals surface area contributed by atoms with Crippen molar-refractivity contribution < 1.29 is 17.9 Å². The number of aromatic nitrogens is 2. The third-order valence-electron chi connectivity index (χ3n) is 2.82. The molecule has 0 bridgehead atoms. The summed E-state index contributed by atoms with van der Waals surface area (Å²) in [4.78, 5) is 10.6. The van der Waals surface area contributed by atoms with Crippen LogP contribution >= 0.6 is 11.6 Å². The Morgan fingerprint density at radius 2 is 2.13 bits per heavy atom. The largest absolute Gasteiger partial charge is 0.482 e. The average molecular weight is 359 g/mol. The van der Waals surface area contributed by atoms with Crippen LogP contribution < -0.4 is 15.2 Å². The van der Waals surface area contributed by atoms with Gasteiger partial charge in [-0.25, -0.2) is 8.42 Å². The lowest BCUT2D eigenvalue weighted by atomic mass is 10.3. The molecule has 0 saturated carbocycles. The Morgan fingerprint density at radius 3 is 2.65 bits per heavy atom. The molecule has 10 heteroatoms. The van der Waals surface area contributed by atoms with E-state index in [0.717, 1.165) is 0 Å². The van der Waals surface area contributed by atoms with Gasteiger partial charge in [-0.2, -0.15) is 5.10 Å². The zero-order chi connectivity index (χ0) is 17.2. The highest BCUT2D eigenvalue weighted by molar-refractivity contribution is 7.92.